The lowest BCUT2D eigenvalue weighted by Gasteiger charge is -1.99. The Labute approximate surface area is 107 Å². The molecular weight excluding hydrogens is 259 g/mol. The maximum Gasteiger partial charge on any atom is 0.169 e. The van der Waals surface area contributed by atoms with Crippen molar-refractivity contribution in [3.63, 3.8) is 0 Å². The first kappa shape index (κ1) is 10.5. The zero-order chi connectivity index (χ0) is 11.8. The Kier molecular flexibility index (Phi) is 2.46. The molecule has 1 aromatic carbocycles. The molecule has 0 saturated heterocycles. The van der Waals surface area contributed by atoms with Gasteiger partial charge in [0.15, 0.2) is 11.5 Å². The van der Waals surface area contributed by atoms with Gasteiger partial charge in [-0.15, -0.1) is 10.2 Å². The van der Waals surface area contributed by atoms with Gasteiger partial charge in [-0.25, -0.2) is 4.98 Å². The number of fused-ring (bicyclic) bond motifs is 1. The van der Waals surface area contributed by atoms with Crippen LogP contribution in [-0.2, 0) is 0 Å². The van der Waals surface area contributed by atoms with Crippen LogP contribution in [0.5, 0.6) is 0 Å². The minimum Gasteiger partial charge on any atom is -0.265 e. The first-order valence-electron chi connectivity index (χ1n) is 4.86. The van der Waals surface area contributed by atoms with Gasteiger partial charge in [-0.2, -0.15) is 0 Å². The van der Waals surface area contributed by atoms with Crippen molar-refractivity contribution in [2.75, 3.05) is 0 Å². The topological polar surface area (TPSA) is 43.1 Å². The number of hydrogen-bond acceptors (Lipinski definition) is 3. The van der Waals surface area contributed by atoms with E-state index in [4.69, 9.17) is 23.2 Å². The predicted octanol–water partition coefficient (Wildman–Crippen LogP) is 3.10. The fourth-order valence-electron chi connectivity index (χ4n) is 1.60. The van der Waals surface area contributed by atoms with Gasteiger partial charge in [-0.1, -0.05) is 35.3 Å². The summed E-state index contributed by atoms with van der Waals surface area (Å²) in [5, 5.41) is 9.18. The summed E-state index contributed by atoms with van der Waals surface area (Å²) in [4.78, 5) is 4.00. The molecule has 4 nitrogen and oxygen atoms in total. The van der Waals surface area contributed by atoms with Gasteiger partial charge in [-0.05, 0) is 12.1 Å². The van der Waals surface area contributed by atoms with Gasteiger partial charge in [0.1, 0.15) is 11.5 Å². The molecule has 0 aliphatic carbocycles. The molecule has 3 aromatic rings. The third kappa shape index (κ3) is 1.85. The van der Waals surface area contributed by atoms with Crippen molar-refractivity contribution in [2.24, 2.45) is 0 Å². The average molecular weight is 265 g/mol. The quantitative estimate of drug-likeness (QED) is 0.635. The summed E-state index contributed by atoms with van der Waals surface area (Å²) in [6, 6.07) is 9.07. The molecule has 0 aliphatic rings. The van der Waals surface area contributed by atoms with Gasteiger partial charge >= 0.3 is 0 Å². The molecule has 0 aliphatic heterocycles. The Morgan fingerprint density at radius 2 is 1.94 bits per heavy atom. The van der Waals surface area contributed by atoms with Gasteiger partial charge in [0.05, 0.1) is 0 Å². The van der Waals surface area contributed by atoms with Gasteiger partial charge in [0.25, 0.3) is 0 Å². The first-order valence-corrected chi connectivity index (χ1v) is 5.62. The van der Waals surface area contributed by atoms with E-state index in [9.17, 15) is 0 Å². The normalized spacial score (nSPS) is 10.9. The van der Waals surface area contributed by atoms with E-state index in [0.29, 0.717) is 21.6 Å². The SMILES string of the molecule is Clc1cccc(-c2nnc3cc(Cl)ncn23)c1. The second-order valence-corrected chi connectivity index (χ2v) is 4.30. The molecule has 2 heterocycles. The number of halogens is 2. The highest BCUT2D eigenvalue weighted by Crippen LogP contribution is 2.21. The fraction of sp³-hybridized carbons (Fsp3) is 0. The molecular formula is C11H6Cl2N4. The van der Waals surface area contributed by atoms with Gasteiger partial charge < -0.3 is 0 Å². The highest BCUT2D eigenvalue weighted by atomic mass is 35.5. The highest BCUT2D eigenvalue weighted by Gasteiger charge is 2.08. The molecule has 3 rings (SSSR count). The third-order valence-electron chi connectivity index (χ3n) is 2.35. The molecule has 0 N–H and O–H groups in total. The van der Waals surface area contributed by atoms with Crippen LogP contribution >= 0.6 is 23.2 Å². The second-order valence-electron chi connectivity index (χ2n) is 3.47. The first-order chi connectivity index (χ1) is 8.24. The number of nitrogens with zero attached hydrogens (tertiary/aromatic N) is 4. The van der Waals surface area contributed by atoms with E-state index in [0.717, 1.165) is 5.56 Å². The van der Waals surface area contributed by atoms with Gasteiger partial charge in [0, 0.05) is 16.7 Å². The maximum absolute atomic E-state index is 5.94. The van der Waals surface area contributed by atoms with E-state index in [1.54, 1.807) is 16.8 Å². The molecule has 0 amide bonds. The molecule has 0 atom stereocenters. The number of rotatable bonds is 1. The molecule has 2 aromatic heterocycles. The van der Waals surface area contributed by atoms with Gasteiger partial charge in [0.2, 0.25) is 0 Å². The second kappa shape index (κ2) is 3.98. The zero-order valence-electron chi connectivity index (χ0n) is 8.51. The lowest BCUT2D eigenvalue weighted by Crippen LogP contribution is -1.90. The smallest absolute Gasteiger partial charge is 0.169 e. The molecule has 0 saturated carbocycles. The van der Waals surface area contributed by atoms with Crippen LogP contribution in [0.1, 0.15) is 0 Å². The van der Waals surface area contributed by atoms with Crippen LogP contribution in [0.2, 0.25) is 10.2 Å². The molecule has 17 heavy (non-hydrogen) atoms. The maximum atomic E-state index is 5.94. The number of benzene rings is 1. The standard InChI is InChI=1S/C11H6Cl2N4/c12-8-3-1-2-7(4-8)11-16-15-10-5-9(13)14-6-17(10)11/h1-6H. The molecule has 0 fully saturated rings. The van der Waals surface area contributed by atoms with Crippen LogP contribution in [-0.4, -0.2) is 19.6 Å². The Morgan fingerprint density at radius 1 is 1.06 bits per heavy atom. The van der Waals surface area contributed by atoms with E-state index >= 15 is 0 Å². The van der Waals surface area contributed by atoms with Crippen LogP contribution in [0.3, 0.4) is 0 Å². The Morgan fingerprint density at radius 3 is 2.76 bits per heavy atom. The summed E-state index contributed by atoms with van der Waals surface area (Å²) >= 11 is 11.7. The molecule has 0 bridgehead atoms. The average Bonchev–Trinajstić information content (AvgIpc) is 2.71. The fourth-order valence-corrected chi connectivity index (χ4v) is 1.93. The van der Waals surface area contributed by atoms with E-state index in [-0.39, 0.29) is 0 Å². The van der Waals surface area contributed by atoms with Crippen LogP contribution in [0.4, 0.5) is 0 Å². The van der Waals surface area contributed by atoms with E-state index in [1.807, 2.05) is 24.3 Å². The minimum atomic E-state index is 0.391. The summed E-state index contributed by atoms with van der Waals surface area (Å²) < 4.78 is 1.76. The van der Waals surface area contributed by atoms with Crippen LogP contribution in [0, 0.1) is 0 Å². The molecule has 0 unspecified atom stereocenters. The predicted molar refractivity (Wildman–Crippen MR) is 66.2 cm³/mol. The summed E-state index contributed by atoms with van der Waals surface area (Å²) in [6.45, 7) is 0. The monoisotopic (exact) mass is 264 g/mol. The van der Waals surface area contributed by atoms with Crippen LogP contribution < -0.4 is 0 Å². The minimum absolute atomic E-state index is 0.391. The van der Waals surface area contributed by atoms with Crippen molar-refractivity contribution in [3.05, 3.63) is 46.8 Å². The molecule has 84 valence electrons. The van der Waals surface area contributed by atoms with Crippen LogP contribution in [0.15, 0.2) is 36.7 Å². The van der Waals surface area contributed by atoms with Crippen molar-refractivity contribution in [2.45, 2.75) is 0 Å². The van der Waals surface area contributed by atoms with Crippen LogP contribution in [0.25, 0.3) is 17.0 Å². The van der Waals surface area contributed by atoms with Gasteiger partial charge in [-0.3, -0.25) is 4.40 Å². The number of hydrogen-bond donors (Lipinski definition) is 0. The lowest BCUT2D eigenvalue weighted by atomic mass is 10.2. The van der Waals surface area contributed by atoms with Crippen molar-refractivity contribution < 1.29 is 0 Å². The van der Waals surface area contributed by atoms with E-state index in [1.165, 1.54) is 0 Å². The summed E-state index contributed by atoms with van der Waals surface area (Å²) in [5.74, 6) is 0.687. The largest absolute Gasteiger partial charge is 0.265 e. The molecule has 6 heteroatoms. The number of aromatic nitrogens is 4. The summed E-state index contributed by atoms with van der Waals surface area (Å²) in [7, 11) is 0. The molecule has 0 spiro atoms. The highest BCUT2D eigenvalue weighted by molar-refractivity contribution is 6.30. The van der Waals surface area contributed by atoms with Crippen molar-refractivity contribution >= 4 is 28.8 Å². The van der Waals surface area contributed by atoms with Crippen molar-refractivity contribution in [1.82, 2.24) is 19.6 Å². The molecule has 0 radical (unpaired) electrons. The van der Waals surface area contributed by atoms with E-state index < -0.39 is 0 Å². The van der Waals surface area contributed by atoms with Crippen molar-refractivity contribution in [1.29, 1.82) is 0 Å². The van der Waals surface area contributed by atoms with E-state index in [2.05, 4.69) is 15.2 Å². The Bertz CT molecular complexity index is 693. The Balaban J connectivity index is 2.24. The lowest BCUT2D eigenvalue weighted by molar-refractivity contribution is 1.08. The third-order valence-corrected chi connectivity index (χ3v) is 2.79. The summed E-state index contributed by atoms with van der Waals surface area (Å²) in [6.07, 6.45) is 1.59. The summed E-state index contributed by atoms with van der Waals surface area (Å²) in [5.41, 5.74) is 1.54. The van der Waals surface area contributed by atoms with Crippen molar-refractivity contribution in [3.8, 4) is 11.4 Å². The Hall–Kier alpha value is -1.65. The zero-order valence-corrected chi connectivity index (χ0v) is 10.0.